The first-order valence-corrected chi connectivity index (χ1v) is 5.11. The summed E-state index contributed by atoms with van der Waals surface area (Å²) in [6.07, 6.45) is -4.46. The van der Waals surface area contributed by atoms with Crippen molar-refractivity contribution in [2.24, 2.45) is 0 Å². The number of aromatic nitrogens is 2. The van der Waals surface area contributed by atoms with Crippen LogP contribution in [0.4, 0.5) is 13.2 Å². The number of rotatable bonds is 2. The molecule has 1 aromatic heterocycles. The van der Waals surface area contributed by atoms with Crippen LogP contribution in [-0.2, 0) is 6.18 Å². The minimum Gasteiger partial charge on any atom is -0.437 e. The Morgan fingerprint density at radius 2 is 1.72 bits per heavy atom. The third-order valence-corrected chi connectivity index (χ3v) is 2.18. The second kappa shape index (κ2) is 4.64. The lowest BCUT2D eigenvalue weighted by Gasteiger charge is -2.12. The lowest BCUT2D eigenvalue weighted by Crippen LogP contribution is -2.07. The average molecular weight is 254 g/mol. The largest absolute Gasteiger partial charge is 0.437 e. The van der Waals surface area contributed by atoms with Gasteiger partial charge in [-0.1, -0.05) is 12.1 Å². The number of aryl methyl sites for hydroxylation is 1. The van der Waals surface area contributed by atoms with Crippen LogP contribution in [0.2, 0.25) is 0 Å². The zero-order valence-electron chi connectivity index (χ0n) is 9.40. The van der Waals surface area contributed by atoms with Gasteiger partial charge in [-0.2, -0.15) is 18.3 Å². The van der Waals surface area contributed by atoms with Crippen molar-refractivity contribution in [2.75, 3.05) is 0 Å². The molecule has 0 saturated heterocycles. The van der Waals surface area contributed by atoms with Crippen LogP contribution in [-0.4, -0.2) is 10.2 Å². The van der Waals surface area contributed by atoms with Gasteiger partial charge in [-0.15, -0.1) is 5.10 Å². The van der Waals surface area contributed by atoms with E-state index in [0.29, 0.717) is 5.69 Å². The van der Waals surface area contributed by atoms with E-state index >= 15 is 0 Å². The van der Waals surface area contributed by atoms with Crippen molar-refractivity contribution in [3.63, 3.8) is 0 Å². The molecular formula is C12H9F3N2O. The van der Waals surface area contributed by atoms with Crippen molar-refractivity contribution >= 4 is 0 Å². The van der Waals surface area contributed by atoms with Crippen LogP contribution in [0.5, 0.6) is 11.6 Å². The van der Waals surface area contributed by atoms with Gasteiger partial charge in [0.05, 0.1) is 11.3 Å². The van der Waals surface area contributed by atoms with E-state index in [1.54, 1.807) is 13.0 Å². The fourth-order valence-electron chi connectivity index (χ4n) is 1.34. The lowest BCUT2D eigenvalue weighted by atomic mass is 10.2. The van der Waals surface area contributed by atoms with E-state index in [1.165, 1.54) is 24.3 Å². The van der Waals surface area contributed by atoms with Crippen LogP contribution in [0.15, 0.2) is 36.4 Å². The summed E-state index contributed by atoms with van der Waals surface area (Å²) in [5.41, 5.74) is -0.182. The normalized spacial score (nSPS) is 11.3. The van der Waals surface area contributed by atoms with Gasteiger partial charge in [0.1, 0.15) is 5.75 Å². The summed E-state index contributed by atoms with van der Waals surface area (Å²) in [6.45, 7) is 1.72. The number of hydrogen-bond acceptors (Lipinski definition) is 3. The van der Waals surface area contributed by atoms with E-state index < -0.39 is 11.7 Å². The molecule has 2 rings (SSSR count). The first-order valence-electron chi connectivity index (χ1n) is 5.11. The average Bonchev–Trinajstić information content (AvgIpc) is 2.31. The highest BCUT2D eigenvalue weighted by atomic mass is 19.4. The molecule has 0 bridgehead atoms. The van der Waals surface area contributed by atoms with Crippen LogP contribution in [0.25, 0.3) is 0 Å². The van der Waals surface area contributed by atoms with Crippen molar-refractivity contribution < 1.29 is 17.9 Å². The molecule has 0 amide bonds. The van der Waals surface area contributed by atoms with Crippen molar-refractivity contribution in [3.05, 3.63) is 47.7 Å². The SMILES string of the molecule is Cc1ccc(Oc2ccccc2C(F)(F)F)nn1. The molecule has 0 unspecified atom stereocenters. The highest BCUT2D eigenvalue weighted by molar-refractivity contribution is 5.37. The molecule has 0 aliphatic heterocycles. The summed E-state index contributed by atoms with van der Waals surface area (Å²) in [4.78, 5) is 0. The number of nitrogens with zero attached hydrogens (tertiary/aromatic N) is 2. The topological polar surface area (TPSA) is 35.0 Å². The van der Waals surface area contributed by atoms with Gasteiger partial charge in [-0.3, -0.25) is 0 Å². The quantitative estimate of drug-likeness (QED) is 0.821. The van der Waals surface area contributed by atoms with E-state index in [2.05, 4.69) is 10.2 Å². The molecule has 0 aliphatic carbocycles. The van der Waals surface area contributed by atoms with E-state index in [0.717, 1.165) is 6.07 Å². The maximum Gasteiger partial charge on any atom is 0.419 e. The minimum absolute atomic E-state index is 0.0253. The summed E-state index contributed by atoms with van der Waals surface area (Å²) < 4.78 is 43.2. The van der Waals surface area contributed by atoms with Gasteiger partial charge in [-0.25, -0.2) is 0 Å². The predicted octanol–water partition coefficient (Wildman–Crippen LogP) is 3.60. The second-order valence-corrected chi connectivity index (χ2v) is 3.61. The third-order valence-electron chi connectivity index (χ3n) is 2.18. The maximum atomic E-state index is 12.7. The van der Waals surface area contributed by atoms with Crippen LogP contribution >= 0.6 is 0 Å². The zero-order chi connectivity index (χ0) is 13.2. The number of para-hydroxylation sites is 1. The minimum atomic E-state index is -4.46. The summed E-state index contributed by atoms with van der Waals surface area (Å²) in [5.74, 6) is -0.263. The molecule has 2 aromatic rings. The van der Waals surface area contributed by atoms with Gasteiger partial charge in [-0.05, 0) is 25.1 Å². The van der Waals surface area contributed by atoms with Gasteiger partial charge < -0.3 is 4.74 Å². The second-order valence-electron chi connectivity index (χ2n) is 3.61. The molecule has 94 valence electrons. The molecule has 0 spiro atoms. The van der Waals surface area contributed by atoms with Crippen molar-refractivity contribution in [1.82, 2.24) is 10.2 Å². The number of ether oxygens (including phenoxy) is 1. The molecule has 3 nitrogen and oxygen atoms in total. The number of hydrogen-bond donors (Lipinski definition) is 0. The lowest BCUT2D eigenvalue weighted by molar-refractivity contribution is -0.138. The van der Waals surface area contributed by atoms with E-state index in [-0.39, 0.29) is 11.6 Å². The molecule has 6 heteroatoms. The third kappa shape index (κ3) is 2.77. The Bertz CT molecular complexity index is 538. The molecular weight excluding hydrogens is 245 g/mol. The number of alkyl halides is 3. The first-order chi connectivity index (χ1) is 8.47. The monoisotopic (exact) mass is 254 g/mol. The van der Waals surface area contributed by atoms with Gasteiger partial charge in [0, 0.05) is 6.07 Å². The highest BCUT2D eigenvalue weighted by Crippen LogP contribution is 2.37. The molecule has 0 radical (unpaired) electrons. The van der Waals surface area contributed by atoms with E-state index in [1.807, 2.05) is 0 Å². The van der Waals surface area contributed by atoms with Gasteiger partial charge in [0.25, 0.3) is 0 Å². The van der Waals surface area contributed by atoms with Gasteiger partial charge >= 0.3 is 6.18 Å². The summed E-state index contributed by atoms with van der Waals surface area (Å²) in [5, 5.41) is 7.37. The zero-order valence-corrected chi connectivity index (χ0v) is 9.40. The number of halogens is 3. The Labute approximate surface area is 101 Å². The summed E-state index contributed by atoms with van der Waals surface area (Å²) >= 11 is 0. The fourth-order valence-corrected chi connectivity index (χ4v) is 1.34. The fraction of sp³-hybridized carbons (Fsp3) is 0.167. The Morgan fingerprint density at radius 3 is 2.33 bits per heavy atom. The summed E-state index contributed by atoms with van der Waals surface area (Å²) in [6, 6.07) is 8.04. The van der Waals surface area contributed by atoms with Gasteiger partial charge in [0.2, 0.25) is 5.88 Å². The van der Waals surface area contributed by atoms with Crippen LogP contribution < -0.4 is 4.74 Å². The van der Waals surface area contributed by atoms with Crippen molar-refractivity contribution in [1.29, 1.82) is 0 Å². The standard InChI is InChI=1S/C12H9F3N2O/c1-8-6-7-11(17-16-8)18-10-5-3-2-4-9(10)12(13,14)15/h2-7H,1H3. The van der Waals surface area contributed by atoms with Crippen LogP contribution in [0, 0.1) is 6.92 Å². The van der Waals surface area contributed by atoms with Crippen molar-refractivity contribution in [3.8, 4) is 11.6 Å². The maximum absolute atomic E-state index is 12.7. The first kappa shape index (κ1) is 12.3. The van der Waals surface area contributed by atoms with Crippen LogP contribution in [0.3, 0.4) is 0 Å². The molecule has 0 atom stereocenters. The Morgan fingerprint density at radius 1 is 1.00 bits per heavy atom. The smallest absolute Gasteiger partial charge is 0.419 e. The molecule has 0 saturated carbocycles. The number of benzene rings is 1. The Hall–Kier alpha value is -2.11. The van der Waals surface area contributed by atoms with E-state index in [4.69, 9.17) is 4.74 Å². The molecule has 1 aromatic carbocycles. The molecule has 0 aliphatic rings. The van der Waals surface area contributed by atoms with Gasteiger partial charge in [0.15, 0.2) is 0 Å². The molecule has 0 fully saturated rings. The molecule has 0 N–H and O–H groups in total. The Balaban J connectivity index is 2.32. The molecule has 18 heavy (non-hydrogen) atoms. The predicted molar refractivity (Wildman–Crippen MR) is 58.3 cm³/mol. The highest BCUT2D eigenvalue weighted by Gasteiger charge is 2.34. The summed E-state index contributed by atoms with van der Waals surface area (Å²) in [7, 11) is 0. The van der Waals surface area contributed by atoms with Crippen molar-refractivity contribution in [2.45, 2.75) is 13.1 Å². The van der Waals surface area contributed by atoms with Crippen LogP contribution in [0.1, 0.15) is 11.3 Å². The molecule has 1 heterocycles. The van der Waals surface area contributed by atoms with E-state index in [9.17, 15) is 13.2 Å². The Kier molecular flexibility index (Phi) is 3.18.